The van der Waals surface area contributed by atoms with Crippen LogP contribution in [0, 0.1) is 23.3 Å². The maximum Gasteiger partial charge on any atom is 0.421 e. The Bertz CT molecular complexity index is 2970. The molecule has 9 nitrogen and oxygen atoms in total. The van der Waals surface area contributed by atoms with Gasteiger partial charge in [-0.1, -0.05) is 30.3 Å². The smallest absolute Gasteiger partial charge is 0.421 e. The lowest BCUT2D eigenvalue weighted by atomic mass is 10.0. The number of nitrogens with zero attached hydrogens (tertiary/aromatic N) is 3. The molecule has 10 rings (SSSR count). The SMILES string of the molecule is O=C1C(=Cc2nc3c(s2)c2sc(C=C4C(=O)c5cc6cc(F)c(F)cc6cc5C4=O)nc2n3C(=O)OCc2ccccc2)C(=O)c2cc3cc(F)c(F)cc3cc21. The number of thiazole rings is 2. The Morgan fingerprint density at radius 3 is 1.32 bits per heavy atom. The lowest BCUT2D eigenvalue weighted by molar-refractivity contribution is 0.0975. The number of Topliss-reactive ketones (excluding diaryl/α,β-unsaturated/α-hetero) is 4. The molecule has 3 aromatic heterocycles. The molecule has 0 unspecified atom stereocenters. The molecule has 15 heteroatoms. The fourth-order valence-corrected chi connectivity index (χ4v) is 9.18. The highest BCUT2D eigenvalue weighted by molar-refractivity contribution is 7.27. The van der Waals surface area contributed by atoms with Crippen LogP contribution in [-0.2, 0) is 11.3 Å². The summed E-state index contributed by atoms with van der Waals surface area (Å²) in [5.74, 6) is -6.96. The monoisotopic (exact) mass is 799 g/mol. The molecular formula is C42H17F4N3O6S2. The predicted molar refractivity (Wildman–Crippen MR) is 204 cm³/mol. The van der Waals surface area contributed by atoms with Gasteiger partial charge in [0.25, 0.3) is 0 Å². The van der Waals surface area contributed by atoms with Crippen molar-refractivity contribution in [2.24, 2.45) is 0 Å². The third-order valence-corrected chi connectivity index (χ3v) is 11.9. The van der Waals surface area contributed by atoms with Crippen LogP contribution in [0.2, 0.25) is 0 Å². The summed E-state index contributed by atoms with van der Waals surface area (Å²) in [5, 5.41) is 1.28. The highest BCUT2D eigenvalue weighted by Gasteiger charge is 2.36. The number of aromatic nitrogens is 3. The van der Waals surface area contributed by atoms with E-state index in [1.54, 1.807) is 24.3 Å². The standard InChI is InChI=1S/C42H17F4N3O6S2/c43-28-10-18-6-22-23(7-19(18)11-29(28)44)35(51)26(34(22)50)14-32-47-40-38(56-32)39-41(49(40)42(54)55-16-17-4-2-1-3-5-17)48-33(57-39)15-27-36(52)24-8-20-12-30(45)31(46)13-21(20)9-25(24)37(27)53/h1-15H,16H2. The van der Waals surface area contributed by atoms with Gasteiger partial charge in [0.05, 0.1) is 20.5 Å². The van der Waals surface area contributed by atoms with E-state index in [2.05, 4.69) is 9.97 Å². The Hall–Kier alpha value is -6.97. The molecular weight excluding hydrogens is 783 g/mol. The average Bonchev–Trinajstić information content (AvgIpc) is 3.96. The number of carbonyl (C=O) groups excluding carboxylic acids is 5. The van der Waals surface area contributed by atoms with Crippen molar-refractivity contribution in [3.63, 3.8) is 0 Å². The summed E-state index contributed by atoms with van der Waals surface area (Å²) in [6.07, 6.45) is 1.71. The fourth-order valence-electron chi connectivity index (χ4n) is 7.07. The van der Waals surface area contributed by atoms with Crippen LogP contribution in [0.1, 0.15) is 57.0 Å². The first-order chi connectivity index (χ1) is 27.4. The molecule has 2 aliphatic carbocycles. The molecule has 0 atom stereocenters. The van der Waals surface area contributed by atoms with E-state index in [0.717, 1.165) is 51.5 Å². The Kier molecular flexibility index (Phi) is 7.58. The third-order valence-electron chi connectivity index (χ3n) is 9.79. The minimum absolute atomic E-state index is 0.0213. The van der Waals surface area contributed by atoms with Crippen molar-refractivity contribution in [3.05, 3.63) is 151 Å². The topological polar surface area (TPSA) is 125 Å². The van der Waals surface area contributed by atoms with Crippen molar-refractivity contribution in [3.8, 4) is 0 Å². The van der Waals surface area contributed by atoms with E-state index >= 15 is 0 Å². The molecule has 0 saturated heterocycles. The molecule has 5 aromatic carbocycles. The number of ketones is 4. The Balaban J connectivity index is 1.06. The molecule has 0 bridgehead atoms. The van der Waals surface area contributed by atoms with E-state index in [0.29, 0.717) is 15.0 Å². The second-order valence-corrected chi connectivity index (χ2v) is 15.3. The van der Waals surface area contributed by atoms with Gasteiger partial charge in [-0.2, -0.15) is 0 Å². The highest BCUT2D eigenvalue weighted by atomic mass is 32.1. The van der Waals surface area contributed by atoms with Crippen molar-refractivity contribution in [2.45, 2.75) is 6.61 Å². The van der Waals surface area contributed by atoms with Crippen molar-refractivity contribution in [1.29, 1.82) is 0 Å². The molecule has 3 heterocycles. The molecule has 0 aliphatic heterocycles. The lowest BCUT2D eigenvalue weighted by Gasteiger charge is -2.06. The van der Waals surface area contributed by atoms with Crippen LogP contribution in [0.25, 0.3) is 54.4 Å². The number of allylic oxidation sites excluding steroid dienone is 2. The van der Waals surface area contributed by atoms with E-state index in [1.165, 1.54) is 36.4 Å². The van der Waals surface area contributed by atoms with Crippen LogP contribution >= 0.6 is 22.7 Å². The first-order valence-corrected chi connectivity index (χ1v) is 18.6. The number of ether oxygens (including phenoxy) is 1. The van der Waals surface area contributed by atoms with Crippen molar-refractivity contribution < 1.29 is 46.3 Å². The number of hydrogen-bond acceptors (Lipinski definition) is 10. The largest absolute Gasteiger partial charge is 0.444 e. The molecule has 0 amide bonds. The maximum absolute atomic E-state index is 14.0. The van der Waals surface area contributed by atoms with Crippen LogP contribution in [0.15, 0.2) is 90.0 Å². The van der Waals surface area contributed by atoms with Crippen LogP contribution in [0.3, 0.4) is 0 Å². The van der Waals surface area contributed by atoms with Crippen molar-refractivity contribution in [1.82, 2.24) is 14.5 Å². The van der Waals surface area contributed by atoms with Gasteiger partial charge < -0.3 is 4.74 Å². The molecule has 276 valence electrons. The van der Waals surface area contributed by atoms with Crippen molar-refractivity contribution >= 4 is 106 Å². The predicted octanol–water partition coefficient (Wildman–Crippen LogP) is 9.68. The van der Waals surface area contributed by atoms with Crippen molar-refractivity contribution in [2.75, 3.05) is 0 Å². The third kappa shape index (κ3) is 5.38. The van der Waals surface area contributed by atoms with Gasteiger partial charge >= 0.3 is 6.09 Å². The second kappa shape index (κ2) is 12.5. The zero-order valence-electron chi connectivity index (χ0n) is 28.5. The maximum atomic E-state index is 14.0. The van der Waals surface area contributed by atoms with E-state index in [4.69, 9.17) is 4.74 Å². The van der Waals surface area contributed by atoms with Gasteiger partial charge in [-0.3, -0.25) is 19.2 Å². The summed E-state index contributed by atoms with van der Waals surface area (Å²) in [7, 11) is 0. The normalized spacial score (nSPS) is 13.8. The minimum Gasteiger partial charge on any atom is -0.444 e. The first-order valence-electron chi connectivity index (χ1n) is 16.9. The summed E-state index contributed by atoms with van der Waals surface area (Å²) < 4.78 is 63.5. The second-order valence-electron chi connectivity index (χ2n) is 13.2. The summed E-state index contributed by atoms with van der Waals surface area (Å²) in [4.78, 5) is 77.0. The molecule has 8 aromatic rings. The average molecular weight is 800 g/mol. The Morgan fingerprint density at radius 2 is 0.947 bits per heavy atom. The number of hydrogen-bond donors (Lipinski definition) is 0. The molecule has 0 N–H and O–H groups in total. The van der Waals surface area contributed by atoms with Crippen LogP contribution in [-0.4, -0.2) is 43.8 Å². The number of carbonyl (C=O) groups is 5. The molecule has 57 heavy (non-hydrogen) atoms. The zero-order valence-corrected chi connectivity index (χ0v) is 30.1. The van der Waals surface area contributed by atoms with Gasteiger partial charge in [-0.15, -0.1) is 22.7 Å². The summed E-state index contributed by atoms with van der Waals surface area (Å²) in [5.41, 5.74) is 0.524. The van der Waals surface area contributed by atoms with Gasteiger partial charge in [-0.25, -0.2) is 36.9 Å². The fraction of sp³-hybridized carbons (Fsp3) is 0.0238. The van der Waals surface area contributed by atoms with E-state index < -0.39 is 52.5 Å². The Morgan fingerprint density at radius 1 is 0.579 bits per heavy atom. The van der Waals surface area contributed by atoms with Gasteiger partial charge in [0.1, 0.15) is 16.6 Å². The van der Waals surface area contributed by atoms with Gasteiger partial charge in [-0.05, 0) is 87.8 Å². The zero-order chi connectivity index (χ0) is 39.4. The van der Waals surface area contributed by atoms with E-state index in [-0.39, 0.29) is 82.9 Å². The van der Waals surface area contributed by atoms with Crippen LogP contribution < -0.4 is 0 Å². The number of fused-ring (bicyclic) bond motifs is 7. The number of halogens is 4. The summed E-state index contributed by atoms with van der Waals surface area (Å²) in [6.45, 7) is -0.101. The van der Waals surface area contributed by atoms with Gasteiger partial charge in [0, 0.05) is 22.3 Å². The number of benzene rings is 5. The summed E-state index contributed by atoms with van der Waals surface area (Å²) in [6, 6.07) is 18.0. The number of rotatable bonds is 4. The van der Waals surface area contributed by atoms with Gasteiger partial charge in [0.15, 0.2) is 57.7 Å². The summed E-state index contributed by atoms with van der Waals surface area (Å²) >= 11 is 2.08. The van der Waals surface area contributed by atoms with Crippen LogP contribution in [0.5, 0.6) is 0 Å². The highest BCUT2D eigenvalue weighted by Crippen LogP contribution is 2.41. The van der Waals surface area contributed by atoms with Gasteiger partial charge in [0.2, 0.25) is 0 Å². The minimum atomic E-state index is -1.10. The molecule has 0 saturated carbocycles. The Labute approximate surface area is 323 Å². The molecule has 0 fully saturated rings. The molecule has 0 spiro atoms. The quantitative estimate of drug-likeness (QED) is 0.0979. The van der Waals surface area contributed by atoms with E-state index in [9.17, 15) is 41.5 Å². The first kappa shape index (κ1) is 34.5. The van der Waals surface area contributed by atoms with E-state index in [1.807, 2.05) is 6.07 Å². The molecule has 0 radical (unpaired) electrons. The molecule has 2 aliphatic rings. The van der Waals surface area contributed by atoms with Crippen LogP contribution in [0.4, 0.5) is 22.4 Å². The lowest BCUT2D eigenvalue weighted by Crippen LogP contribution is -2.14.